The van der Waals surface area contributed by atoms with Gasteiger partial charge in [0.05, 0.1) is 11.9 Å². The Balaban J connectivity index is 1.63. The minimum atomic E-state index is 0.223. The summed E-state index contributed by atoms with van der Waals surface area (Å²) in [5.41, 5.74) is 5.16. The summed E-state index contributed by atoms with van der Waals surface area (Å²) < 4.78 is 6.03. The summed E-state index contributed by atoms with van der Waals surface area (Å²) >= 11 is 0. The highest BCUT2D eigenvalue weighted by atomic mass is 16.3. The lowest BCUT2D eigenvalue weighted by Gasteiger charge is -2.09. The van der Waals surface area contributed by atoms with Crippen molar-refractivity contribution in [2.45, 2.75) is 12.8 Å². The molecule has 1 aliphatic carbocycles. The number of aromatic nitrogens is 2. The number of pyridine rings is 2. The standard InChI is InChI=1S/C21H15N3O2/c25-18-7-4-13-11-14(5-6-15(13)18)24-20-16-8-10-22-12-19(16)26-21(20)17-3-1-2-9-23-17/h1-3,5-6,8-12,24H,4,7H2. The maximum Gasteiger partial charge on any atom is 0.177 e. The van der Waals surface area contributed by atoms with Gasteiger partial charge >= 0.3 is 0 Å². The minimum absolute atomic E-state index is 0.223. The first-order valence-electron chi connectivity index (χ1n) is 8.51. The third kappa shape index (κ3) is 2.37. The Labute approximate surface area is 149 Å². The molecular weight excluding hydrogens is 326 g/mol. The van der Waals surface area contributed by atoms with Crippen LogP contribution in [0, 0.1) is 0 Å². The number of anilines is 2. The number of nitrogens with one attached hydrogen (secondary N) is 1. The molecular formula is C21H15N3O2. The molecule has 0 amide bonds. The molecule has 0 saturated carbocycles. The number of hydrogen-bond acceptors (Lipinski definition) is 5. The van der Waals surface area contributed by atoms with Crippen molar-refractivity contribution in [3.05, 3.63) is 72.2 Å². The highest BCUT2D eigenvalue weighted by Crippen LogP contribution is 2.39. The largest absolute Gasteiger partial charge is 0.451 e. The van der Waals surface area contributed by atoms with E-state index in [1.54, 1.807) is 18.6 Å². The molecule has 5 heteroatoms. The normalized spacial score (nSPS) is 13.2. The zero-order valence-corrected chi connectivity index (χ0v) is 13.9. The average molecular weight is 341 g/mol. The lowest BCUT2D eigenvalue weighted by Crippen LogP contribution is -1.95. The Kier molecular flexibility index (Phi) is 3.31. The second-order valence-corrected chi connectivity index (χ2v) is 6.31. The molecule has 1 N–H and O–H groups in total. The molecule has 3 aromatic heterocycles. The molecule has 0 bridgehead atoms. The van der Waals surface area contributed by atoms with Gasteiger partial charge in [-0.25, -0.2) is 0 Å². The van der Waals surface area contributed by atoms with E-state index in [9.17, 15) is 4.79 Å². The Morgan fingerprint density at radius 1 is 1.04 bits per heavy atom. The average Bonchev–Trinajstić information content (AvgIpc) is 3.24. The van der Waals surface area contributed by atoms with Crippen LogP contribution in [-0.4, -0.2) is 15.8 Å². The van der Waals surface area contributed by atoms with Crippen LogP contribution in [0.25, 0.3) is 22.4 Å². The van der Waals surface area contributed by atoms with Crippen LogP contribution < -0.4 is 5.32 Å². The first-order valence-corrected chi connectivity index (χ1v) is 8.51. The van der Waals surface area contributed by atoms with Gasteiger partial charge in [-0.15, -0.1) is 0 Å². The molecule has 0 radical (unpaired) electrons. The number of Topliss-reactive ketones (excluding diaryl/α,β-unsaturated/α-hetero) is 1. The number of nitrogens with zero attached hydrogens (tertiary/aromatic N) is 2. The van der Waals surface area contributed by atoms with Crippen LogP contribution in [0.4, 0.5) is 11.4 Å². The Morgan fingerprint density at radius 3 is 2.88 bits per heavy atom. The van der Waals surface area contributed by atoms with E-state index in [0.29, 0.717) is 17.8 Å². The lowest BCUT2D eigenvalue weighted by molar-refractivity contribution is 0.0994. The van der Waals surface area contributed by atoms with E-state index >= 15 is 0 Å². The van der Waals surface area contributed by atoms with Gasteiger partial charge < -0.3 is 9.73 Å². The molecule has 4 aromatic rings. The van der Waals surface area contributed by atoms with Gasteiger partial charge in [-0.2, -0.15) is 0 Å². The third-order valence-electron chi connectivity index (χ3n) is 4.69. The second kappa shape index (κ2) is 5.81. The first kappa shape index (κ1) is 14.8. The van der Waals surface area contributed by atoms with Crippen molar-refractivity contribution in [3.8, 4) is 11.5 Å². The van der Waals surface area contributed by atoms with E-state index in [0.717, 1.165) is 40.0 Å². The first-order chi connectivity index (χ1) is 12.8. The third-order valence-corrected chi connectivity index (χ3v) is 4.69. The molecule has 3 heterocycles. The number of ketones is 1. The van der Waals surface area contributed by atoms with E-state index in [1.807, 2.05) is 42.5 Å². The van der Waals surface area contributed by atoms with Crippen LogP contribution in [0.3, 0.4) is 0 Å². The smallest absolute Gasteiger partial charge is 0.177 e. The maximum absolute atomic E-state index is 11.9. The van der Waals surface area contributed by atoms with Crippen LogP contribution in [0.2, 0.25) is 0 Å². The monoisotopic (exact) mass is 341 g/mol. The fourth-order valence-electron chi connectivity index (χ4n) is 3.43. The molecule has 0 spiro atoms. The van der Waals surface area contributed by atoms with Gasteiger partial charge in [0.25, 0.3) is 0 Å². The highest BCUT2D eigenvalue weighted by molar-refractivity contribution is 6.02. The molecule has 0 saturated heterocycles. The molecule has 1 aliphatic rings. The summed E-state index contributed by atoms with van der Waals surface area (Å²) in [5.74, 6) is 0.894. The number of aryl methyl sites for hydroxylation is 1. The molecule has 0 atom stereocenters. The van der Waals surface area contributed by atoms with Crippen LogP contribution in [0.1, 0.15) is 22.3 Å². The highest BCUT2D eigenvalue weighted by Gasteiger charge is 2.21. The number of rotatable bonds is 3. The molecule has 26 heavy (non-hydrogen) atoms. The summed E-state index contributed by atoms with van der Waals surface area (Å²) in [6, 6.07) is 13.5. The zero-order chi connectivity index (χ0) is 17.5. The number of furan rings is 1. The summed E-state index contributed by atoms with van der Waals surface area (Å²) in [5, 5.41) is 4.41. The Bertz CT molecular complexity index is 1130. The molecule has 0 unspecified atom stereocenters. The number of carbonyl (C=O) groups is 1. The van der Waals surface area contributed by atoms with E-state index in [1.165, 1.54) is 0 Å². The van der Waals surface area contributed by atoms with Crippen LogP contribution in [-0.2, 0) is 6.42 Å². The van der Waals surface area contributed by atoms with Gasteiger partial charge in [-0.05, 0) is 48.4 Å². The van der Waals surface area contributed by atoms with Crippen molar-refractivity contribution >= 4 is 28.1 Å². The maximum atomic E-state index is 11.9. The lowest BCUT2D eigenvalue weighted by atomic mass is 10.1. The van der Waals surface area contributed by atoms with Crippen LogP contribution >= 0.6 is 0 Å². The van der Waals surface area contributed by atoms with Crippen molar-refractivity contribution in [1.82, 2.24) is 9.97 Å². The number of hydrogen-bond donors (Lipinski definition) is 1. The van der Waals surface area contributed by atoms with Crippen molar-refractivity contribution in [2.24, 2.45) is 0 Å². The van der Waals surface area contributed by atoms with Crippen LogP contribution in [0.5, 0.6) is 0 Å². The Hall–Kier alpha value is -3.47. The topological polar surface area (TPSA) is 68.0 Å². The van der Waals surface area contributed by atoms with Gasteiger partial charge in [0.1, 0.15) is 5.69 Å². The van der Waals surface area contributed by atoms with Gasteiger partial charge in [-0.1, -0.05) is 6.07 Å². The zero-order valence-electron chi connectivity index (χ0n) is 13.9. The van der Waals surface area contributed by atoms with E-state index in [-0.39, 0.29) is 5.78 Å². The predicted octanol–water partition coefficient (Wildman–Crippen LogP) is 4.76. The predicted molar refractivity (Wildman–Crippen MR) is 99.6 cm³/mol. The summed E-state index contributed by atoms with van der Waals surface area (Å²) in [6.45, 7) is 0. The number of carbonyl (C=O) groups excluding carboxylic acids is 1. The minimum Gasteiger partial charge on any atom is -0.451 e. The number of benzene rings is 1. The summed E-state index contributed by atoms with van der Waals surface area (Å²) in [7, 11) is 0. The van der Waals surface area contributed by atoms with E-state index < -0.39 is 0 Å². The van der Waals surface area contributed by atoms with E-state index in [4.69, 9.17) is 4.42 Å². The SMILES string of the molecule is O=C1CCc2cc(Nc3c(-c4ccccn4)oc4cnccc34)ccc21. The van der Waals surface area contributed by atoms with Gasteiger partial charge in [0, 0.05) is 35.5 Å². The van der Waals surface area contributed by atoms with Gasteiger partial charge in [0.2, 0.25) is 0 Å². The fourth-order valence-corrected chi connectivity index (χ4v) is 3.43. The van der Waals surface area contributed by atoms with Crippen molar-refractivity contribution in [3.63, 3.8) is 0 Å². The second-order valence-electron chi connectivity index (χ2n) is 6.31. The summed E-state index contributed by atoms with van der Waals surface area (Å²) in [4.78, 5) is 20.4. The van der Waals surface area contributed by atoms with Crippen molar-refractivity contribution in [2.75, 3.05) is 5.32 Å². The molecule has 1 aromatic carbocycles. The van der Waals surface area contributed by atoms with Gasteiger partial charge in [-0.3, -0.25) is 14.8 Å². The van der Waals surface area contributed by atoms with Crippen molar-refractivity contribution in [1.29, 1.82) is 0 Å². The molecule has 5 rings (SSSR count). The van der Waals surface area contributed by atoms with E-state index in [2.05, 4.69) is 15.3 Å². The fraction of sp³-hybridized carbons (Fsp3) is 0.0952. The molecule has 5 nitrogen and oxygen atoms in total. The quantitative estimate of drug-likeness (QED) is 0.582. The van der Waals surface area contributed by atoms with Crippen LogP contribution in [0.15, 0.2) is 65.5 Å². The Morgan fingerprint density at radius 2 is 2.00 bits per heavy atom. The summed E-state index contributed by atoms with van der Waals surface area (Å²) in [6.07, 6.45) is 6.58. The molecule has 0 fully saturated rings. The molecule has 0 aliphatic heterocycles. The van der Waals surface area contributed by atoms with Crippen molar-refractivity contribution < 1.29 is 9.21 Å². The van der Waals surface area contributed by atoms with Gasteiger partial charge in [0.15, 0.2) is 17.1 Å². The number of fused-ring (bicyclic) bond motifs is 2. The molecule has 126 valence electrons.